The molecule has 0 fully saturated rings. The molecule has 0 amide bonds. The van der Waals surface area contributed by atoms with Crippen LogP contribution in [0.1, 0.15) is 32.3 Å². The minimum Gasteiger partial charge on any atom is -0.497 e. The Bertz CT molecular complexity index is 345. The van der Waals surface area contributed by atoms with E-state index in [0.29, 0.717) is 12.2 Å². The van der Waals surface area contributed by atoms with Crippen molar-refractivity contribution >= 4 is 0 Å². The summed E-state index contributed by atoms with van der Waals surface area (Å²) in [5.74, 6) is 1.39. The lowest BCUT2D eigenvalue weighted by Crippen LogP contribution is -2.21. The second-order valence-corrected chi connectivity index (χ2v) is 4.09. The maximum atomic E-state index is 10.3. The molecule has 1 aromatic carbocycles. The molecule has 0 saturated heterocycles. The van der Waals surface area contributed by atoms with Gasteiger partial charge < -0.3 is 14.6 Å². The maximum Gasteiger partial charge on any atom is 0.128 e. The van der Waals surface area contributed by atoms with Gasteiger partial charge in [-0.2, -0.15) is 0 Å². The third-order valence-corrected chi connectivity index (χ3v) is 2.73. The first-order valence-electron chi connectivity index (χ1n) is 5.50. The van der Waals surface area contributed by atoms with Crippen LogP contribution < -0.4 is 9.47 Å². The highest BCUT2D eigenvalue weighted by Gasteiger charge is 2.25. The number of aliphatic hydroxyl groups is 1. The van der Waals surface area contributed by atoms with Crippen molar-refractivity contribution in [2.75, 3.05) is 14.2 Å². The predicted octanol–water partition coefficient (Wildman–Crippen LogP) is 2.71. The van der Waals surface area contributed by atoms with Crippen molar-refractivity contribution in [3.8, 4) is 11.5 Å². The van der Waals surface area contributed by atoms with Crippen LogP contribution in [-0.4, -0.2) is 19.3 Å². The fraction of sp³-hybridized carbons (Fsp3) is 0.538. The van der Waals surface area contributed by atoms with E-state index in [2.05, 4.69) is 0 Å². The molecule has 1 N–H and O–H groups in total. The van der Waals surface area contributed by atoms with Gasteiger partial charge in [-0.05, 0) is 25.5 Å². The molecule has 0 aromatic heterocycles. The third kappa shape index (κ3) is 2.67. The van der Waals surface area contributed by atoms with Gasteiger partial charge in [-0.25, -0.2) is 0 Å². The normalized spacial score (nSPS) is 14.3. The Morgan fingerprint density at radius 1 is 1.25 bits per heavy atom. The van der Waals surface area contributed by atoms with Crippen LogP contribution in [0.3, 0.4) is 0 Å². The van der Waals surface area contributed by atoms with E-state index in [1.165, 1.54) is 0 Å². The molecule has 0 radical (unpaired) electrons. The highest BCUT2D eigenvalue weighted by atomic mass is 16.5. The minimum atomic E-state index is -0.855. The number of benzene rings is 1. The van der Waals surface area contributed by atoms with Gasteiger partial charge in [0, 0.05) is 11.6 Å². The van der Waals surface area contributed by atoms with Gasteiger partial charge in [0.1, 0.15) is 11.5 Å². The zero-order valence-electron chi connectivity index (χ0n) is 10.4. The fourth-order valence-corrected chi connectivity index (χ4v) is 1.86. The molecule has 0 aliphatic rings. The molecule has 3 nitrogen and oxygen atoms in total. The summed E-state index contributed by atoms with van der Waals surface area (Å²) in [7, 11) is 3.21. The van der Waals surface area contributed by atoms with E-state index in [4.69, 9.17) is 9.47 Å². The van der Waals surface area contributed by atoms with Crippen molar-refractivity contribution in [2.24, 2.45) is 0 Å². The zero-order valence-corrected chi connectivity index (χ0v) is 10.4. The maximum absolute atomic E-state index is 10.3. The van der Waals surface area contributed by atoms with Gasteiger partial charge >= 0.3 is 0 Å². The Kier molecular flexibility index (Phi) is 4.19. The number of hydrogen-bond acceptors (Lipinski definition) is 3. The molecule has 0 aliphatic heterocycles. The third-order valence-electron chi connectivity index (χ3n) is 2.73. The van der Waals surface area contributed by atoms with Crippen molar-refractivity contribution in [3.05, 3.63) is 23.8 Å². The second-order valence-electron chi connectivity index (χ2n) is 4.09. The summed E-state index contributed by atoms with van der Waals surface area (Å²) in [5.41, 5.74) is -0.0514. The summed E-state index contributed by atoms with van der Waals surface area (Å²) in [6.45, 7) is 3.85. The van der Waals surface area contributed by atoms with Crippen LogP contribution in [0.4, 0.5) is 0 Å². The van der Waals surface area contributed by atoms with Crippen molar-refractivity contribution in [3.63, 3.8) is 0 Å². The monoisotopic (exact) mass is 224 g/mol. The molecule has 1 unspecified atom stereocenters. The van der Waals surface area contributed by atoms with Crippen molar-refractivity contribution in [1.29, 1.82) is 0 Å². The van der Waals surface area contributed by atoms with Crippen LogP contribution in [0.2, 0.25) is 0 Å². The topological polar surface area (TPSA) is 38.7 Å². The summed E-state index contributed by atoms with van der Waals surface area (Å²) in [6, 6.07) is 5.48. The fourth-order valence-electron chi connectivity index (χ4n) is 1.86. The summed E-state index contributed by atoms with van der Waals surface area (Å²) < 4.78 is 10.4. The van der Waals surface area contributed by atoms with Gasteiger partial charge in [0.15, 0.2) is 0 Å². The smallest absolute Gasteiger partial charge is 0.128 e. The van der Waals surface area contributed by atoms with Gasteiger partial charge in [-0.1, -0.05) is 13.3 Å². The summed E-state index contributed by atoms with van der Waals surface area (Å²) >= 11 is 0. The van der Waals surface area contributed by atoms with Gasteiger partial charge in [0.2, 0.25) is 0 Å². The zero-order chi connectivity index (χ0) is 12.2. The minimum absolute atomic E-state index is 0.665. The van der Waals surface area contributed by atoms with E-state index in [1.807, 2.05) is 19.1 Å². The molecular formula is C13H20O3. The first-order valence-corrected chi connectivity index (χ1v) is 5.50. The Balaban J connectivity index is 3.12. The molecule has 0 bridgehead atoms. The summed E-state index contributed by atoms with van der Waals surface area (Å²) in [6.07, 6.45) is 1.62. The van der Waals surface area contributed by atoms with Gasteiger partial charge in [-0.15, -0.1) is 0 Å². The molecule has 0 heterocycles. The van der Waals surface area contributed by atoms with Crippen LogP contribution in [0.15, 0.2) is 18.2 Å². The molecule has 0 saturated carbocycles. The van der Waals surface area contributed by atoms with E-state index < -0.39 is 5.60 Å². The molecule has 0 aliphatic carbocycles. The Morgan fingerprint density at radius 3 is 2.44 bits per heavy atom. The van der Waals surface area contributed by atoms with Gasteiger partial charge in [0.05, 0.1) is 19.8 Å². The second kappa shape index (κ2) is 5.21. The van der Waals surface area contributed by atoms with Crippen LogP contribution >= 0.6 is 0 Å². The molecule has 0 spiro atoms. The van der Waals surface area contributed by atoms with Crippen LogP contribution in [0, 0.1) is 0 Å². The number of methoxy groups -OCH3 is 2. The molecule has 1 atom stereocenters. The lowest BCUT2D eigenvalue weighted by atomic mass is 9.90. The van der Waals surface area contributed by atoms with Crippen molar-refractivity contribution < 1.29 is 14.6 Å². The summed E-state index contributed by atoms with van der Waals surface area (Å²) in [5, 5.41) is 10.3. The van der Waals surface area contributed by atoms with E-state index in [-0.39, 0.29) is 0 Å². The van der Waals surface area contributed by atoms with Crippen molar-refractivity contribution in [2.45, 2.75) is 32.3 Å². The van der Waals surface area contributed by atoms with Gasteiger partial charge in [0.25, 0.3) is 0 Å². The predicted molar refractivity (Wildman–Crippen MR) is 64.0 cm³/mol. The molecule has 90 valence electrons. The van der Waals surface area contributed by atoms with Crippen LogP contribution in [0.5, 0.6) is 11.5 Å². The van der Waals surface area contributed by atoms with E-state index in [0.717, 1.165) is 17.7 Å². The number of hydrogen-bond donors (Lipinski definition) is 1. The SMILES string of the molecule is CCCC(C)(O)c1ccc(OC)cc1OC. The number of rotatable bonds is 5. The highest BCUT2D eigenvalue weighted by molar-refractivity contribution is 5.43. The average Bonchev–Trinajstić information content (AvgIpc) is 2.28. The number of ether oxygens (including phenoxy) is 2. The molecule has 16 heavy (non-hydrogen) atoms. The lowest BCUT2D eigenvalue weighted by molar-refractivity contribution is 0.0444. The standard InChI is InChI=1S/C13H20O3/c1-5-8-13(2,14)11-7-6-10(15-3)9-12(11)16-4/h6-7,9,14H,5,8H2,1-4H3. The quantitative estimate of drug-likeness (QED) is 0.835. The highest BCUT2D eigenvalue weighted by Crippen LogP contribution is 2.35. The molecular weight excluding hydrogens is 204 g/mol. The van der Waals surface area contributed by atoms with E-state index in [9.17, 15) is 5.11 Å². The first kappa shape index (κ1) is 12.8. The van der Waals surface area contributed by atoms with Crippen LogP contribution in [0.25, 0.3) is 0 Å². The van der Waals surface area contributed by atoms with Crippen molar-refractivity contribution in [1.82, 2.24) is 0 Å². The molecule has 1 rings (SSSR count). The Hall–Kier alpha value is -1.22. The largest absolute Gasteiger partial charge is 0.497 e. The molecule has 3 heteroatoms. The average molecular weight is 224 g/mol. The summed E-state index contributed by atoms with van der Waals surface area (Å²) in [4.78, 5) is 0. The van der Waals surface area contributed by atoms with E-state index >= 15 is 0 Å². The molecule has 1 aromatic rings. The lowest BCUT2D eigenvalue weighted by Gasteiger charge is -2.25. The Labute approximate surface area is 97.0 Å². The van der Waals surface area contributed by atoms with E-state index in [1.54, 1.807) is 27.2 Å². The van der Waals surface area contributed by atoms with Crippen LogP contribution in [-0.2, 0) is 5.60 Å². The van der Waals surface area contributed by atoms with Gasteiger partial charge in [-0.3, -0.25) is 0 Å². The first-order chi connectivity index (χ1) is 7.55. The Morgan fingerprint density at radius 2 is 1.94 bits per heavy atom.